The number of aromatic nitrogens is 2. The molecule has 1 amide bonds. The summed E-state index contributed by atoms with van der Waals surface area (Å²) >= 11 is 0. The quantitative estimate of drug-likeness (QED) is 0.694. The first-order chi connectivity index (χ1) is 13.7. The molecule has 1 atom stereocenters. The molecule has 0 aliphatic carbocycles. The predicted molar refractivity (Wildman–Crippen MR) is 107 cm³/mol. The summed E-state index contributed by atoms with van der Waals surface area (Å²) in [6.07, 6.45) is 2.32. The molecule has 0 spiro atoms. The van der Waals surface area contributed by atoms with Gasteiger partial charge in [0.2, 0.25) is 5.91 Å². The zero-order valence-electron chi connectivity index (χ0n) is 15.9. The van der Waals surface area contributed by atoms with Crippen LogP contribution in [-0.4, -0.2) is 33.9 Å². The average molecular weight is 376 g/mol. The third-order valence-corrected chi connectivity index (χ3v) is 5.15. The highest BCUT2D eigenvalue weighted by Gasteiger charge is 2.32. The second-order valence-corrected chi connectivity index (χ2v) is 7.00. The number of rotatable bonds is 6. The molecule has 0 saturated heterocycles. The van der Waals surface area contributed by atoms with Crippen molar-refractivity contribution in [2.24, 2.45) is 0 Å². The van der Waals surface area contributed by atoms with Gasteiger partial charge in [-0.3, -0.25) is 9.69 Å². The van der Waals surface area contributed by atoms with E-state index in [9.17, 15) is 4.79 Å². The van der Waals surface area contributed by atoms with Gasteiger partial charge in [0.1, 0.15) is 5.75 Å². The van der Waals surface area contributed by atoms with Gasteiger partial charge < -0.3 is 15.0 Å². The molecule has 0 bridgehead atoms. The fraction of sp³-hybridized carbons (Fsp3) is 0.273. The number of hydrogen-bond acceptors (Lipinski definition) is 4. The number of nitrogens with one attached hydrogen (secondary N) is 2. The largest absolute Gasteiger partial charge is 0.497 e. The smallest absolute Gasteiger partial charge is 0.238 e. The van der Waals surface area contributed by atoms with Crippen molar-refractivity contribution in [3.63, 3.8) is 0 Å². The maximum Gasteiger partial charge on any atom is 0.238 e. The van der Waals surface area contributed by atoms with Crippen LogP contribution in [0.3, 0.4) is 0 Å². The summed E-state index contributed by atoms with van der Waals surface area (Å²) in [5.41, 5.74) is 4.31. The van der Waals surface area contributed by atoms with Crippen molar-refractivity contribution < 1.29 is 9.53 Å². The van der Waals surface area contributed by atoms with E-state index in [0.717, 1.165) is 29.2 Å². The maximum atomic E-state index is 13.0. The van der Waals surface area contributed by atoms with Gasteiger partial charge in [0.25, 0.3) is 0 Å². The van der Waals surface area contributed by atoms with Gasteiger partial charge in [0, 0.05) is 26.1 Å². The third-order valence-electron chi connectivity index (χ3n) is 5.15. The number of H-pyrrole nitrogens is 1. The van der Waals surface area contributed by atoms with Crippen LogP contribution in [0.25, 0.3) is 0 Å². The van der Waals surface area contributed by atoms with E-state index < -0.39 is 0 Å². The van der Waals surface area contributed by atoms with Crippen LogP contribution in [0.1, 0.15) is 22.5 Å². The zero-order chi connectivity index (χ0) is 19.3. The Hall–Kier alpha value is -3.12. The average Bonchev–Trinajstić information content (AvgIpc) is 3.20. The molecule has 144 valence electrons. The van der Waals surface area contributed by atoms with E-state index in [0.29, 0.717) is 19.5 Å². The second-order valence-electron chi connectivity index (χ2n) is 7.00. The third kappa shape index (κ3) is 4.07. The molecule has 2 heterocycles. The molecule has 1 aliphatic rings. The van der Waals surface area contributed by atoms with Crippen molar-refractivity contribution in [2.75, 3.05) is 7.11 Å². The van der Waals surface area contributed by atoms with Gasteiger partial charge in [0.15, 0.2) is 0 Å². The molecular formula is C22H24N4O2. The summed E-state index contributed by atoms with van der Waals surface area (Å²) in [6, 6.07) is 17.7. The van der Waals surface area contributed by atoms with Crippen LogP contribution < -0.4 is 10.1 Å². The summed E-state index contributed by atoms with van der Waals surface area (Å²) in [5.74, 6) is 0.836. The highest BCUT2D eigenvalue weighted by atomic mass is 16.5. The van der Waals surface area contributed by atoms with Gasteiger partial charge in [-0.15, -0.1) is 0 Å². The molecule has 28 heavy (non-hydrogen) atoms. The van der Waals surface area contributed by atoms with E-state index in [-0.39, 0.29) is 11.9 Å². The van der Waals surface area contributed by atoms with Crippen molar-refractivity contribution in [1.29, 1.82) is 0 Å². The van der Waals surface area contributed by atoms with Crippen LogP contribution in [0.15, 0.2) is 60.9 Å². The van der Waals surface area contributed by atoms with Crippen molar-refractivity contribution in [3.05, 3.63) is 83.4 Å². The Kier molecular flexibility index (Phi) is 5.39. The maximum absolute atomic E-state index is 13.0. The van der Waals surface area contributed by atoms with Crippen molar-refractivity contribution in [1.82, 2.24) is 20.2 Å². The Morgan fingerprint density at radius 2 is 1.96 bits per heavy atom. The van der Waals surface area contributed by atoms with Gasteiger partial charge in [-0.05, 0) is 23.3 Å². The highest BCUT2D eigenvalue weighted by Crippen LogP contribution is 2.23. The fourth-order valence-electron chi connectivity index (χ4n) is 3.58. The first-order valence-corrected chi connectivity index (χ1v) is 9.42. The Bertz CT molecular complexity index is 921. The number of methoxy groups -OCH3 is 1. The summed E-state index contributed by atoms with van der Waals surface area (Å²) in [4.78, 5) is 22.8. The minimum Gasteiger partial charge on any atom is -0.497 e. The Balaban J connectivity index is 1.46. The normalized spacial score (nSPS) is 16.4. The minimum atomic E-state index is -0.241. The van der Waals surface area contributed by atoms with Crippen LogP contribution in [0.2, 0.25) is 0 Å². The van der Waals surface area contributed by atoms with Crippen molar-refractivity contribution >= 4 is 5.91 Å². The van der Waals surface area contributed by atoms with E-state index in [1.807, 2.05) is 42.5 Å². The number of ether oxygens (including phenoxy) is 1. The molecule has 3 aromatic rings. The summed E-state index contributed by atoms with van der Waals surface area (Å²) in [7, 11) is 1.64. The van der Waals surface area contributed by atoms with E-state index >= 15 is 0 Å². The number of fused-ring (bicyclic) bond motifs is 1. The molecule has 0 fully saturated rings. The lowest BCUT2D eigenvalue weighted by Crippen LogP contribution is -2.49. The Labute approximate surface area is 164 Å². The number of carbonyl (C=O) groups is 1. The summed E-state index contributed by atoms with van der Waals surface area (Å²) in [6.45, 7) is 1.90. The standard InChI is InChI=1S/C22H24N4O2/c1-28-18-9-7-16(8-10-18)12-23-22(27)21-11-19-20(25-15-24-19)14-26(21)13-17-5-3-2-4-6-17/h2-10,15,21H,11-14H2,1H3,(H,23,27)(H,24,25)/t21-/m0/s1. The lowest BCUT2D eigenvalue weighted by Gasteiger charge is -2.34. The highest BCUT2D eigenvalue weighted by molar-refractivity contribution is 5.82. The number of imidazole rings is 1. The van der Waals surface area contributed by atoms with Gasteiger partial charge in [-0.25, -0.2) is 4.98 Å². The topological polar surface area (TPSA) is 70.2 Å². The number of carbonyl (C=O) groups excluding carboxylic acids is 1. The van der Waals surface area contributed by atoms with Crippen molar-refractivity contribution in [3.8, 4) is 5.75 Å². The lowest BCUT2D eigenvalue weighted by molar-refractivity contribution is -0.127. The molecule has 1 aliphatic heterocycles. The molecule has 1 aromatic heterocycles. The van der Waals surface area contributed by atoms with E-state index in [4.69, 9.17) is 4.74 Å². The first-order valence-electron chi connectivity index (χ1n) is 9.42. The Morgan fingerprint density at radius 1 is 1.18 bits per heavy atom. The van der Waals surface area contributed by atoms with Crippen LogP contribution >= 0.6 is 0 Å². The molecule has 4 rings (SSSR count). The van der Waals surface area contributed by atoms with Crippen LogP contribution in [0.4, 0.5) is 0 Å². The first kappa shape index (κ1) is 18.3. The molecule has 6 nitrogen and oxygen atoms in total. The van der Waals surface area contributed by atoms with Gasteiger partial charge >= 0.3 is 0 Å². The Morgan fingerprint density at radius 3 is 2.71 bits per heavy atom. The molecule has 2 N–H and O–H groups in total. The van der Waals surface area contributed by atoms with Gasteiger partial charge in [-0.2, -0.15) is 0 Å². The predicted octanol–water partition coefficient (Wildman–Crippen LogP) is 2.66. The van der Waals surface area contributed by atoms with E-state index in [1.54, 1.807) is 13.4 Å². The number of benzene rings is 2. The SMILES string of the molecule is COc1ccc(CNC(=O)[C@@H]2Cc3nc[nH]c3CN2Cc2ccccc2)cc1. The molecule has 0 unspecified atom stereocenters. The van der Waals surface area contributed by atoms with Crippen LogP contribution in [0.5, 0.6) is 5.75 Å². The number of aromatic amines is 1. The number of amides is 1. The van der Waals surface area contributed by atoms with Gasteiger partial charge in [-0.1, -0.05) is 42.5 Å². The van der Waals surface area contributed by atoms with E-state index in [1.165, 1.54) is 5.56 Å². The molecular weight excluding hydrogens is 352 g/mol. The van der Waals surface area contributed by atoms with E-state index in [2.05, 4.69) is 32.3 Å². The number of hydrogen-bond donors (Lipinski definition) is 2. The number of nitrogens with zero attached hydrogens (tertiary/aromatic N) is 2. The fourth-order valence-corrected chi connectivity index (χ4v) is 3.58. The summed E-state index contributed by atoms with van der Waals surface area (Å²) < 4.78 is 5.18. The van der Waals surface area contributed by atoms with Gasteiger partial charge in [0.05, 0.1) is 30.9 Å². The van der Waals surface area contributed by atoms with Crippen LogP contribution in [-0.2, 0) is 30.8 Å². The molecule has 2 aromatic carbocycles. The molecule has 0 radical (unpaired) electrons. The molecule has 6 heteroatoms. The lowest BCUT2D eigenvalue weighted by atomic mass is 10.0. The zero-order valence-corrected chi connectivity index (χ0v) is 15.9. The minimum absolute atomic E-state index is 0.0281. The summed E-state index contributed by atoms with van der Waals surface area (Å²) in [5, 5.41) is 3.09. The van der Waals surface area contributed by atoms with Crippen LogP contribution in [0, 0.1) is 0 Å². The molecule has 0 saturated carbocycles. The van der Waals surface area contributed by atoms with Crippen molar-refractivity contribution in [2.45, 2.75) is 32.1 Å². The monoisotopic (exact) mass is 376 g/mol. The second kappa shape index (κ2) is 8.27.